The molecule has 0 saturated carbocycles. The zero-order chi connectivity index (χ0) is 17.7. The van der Waals surface area contributed by atoms with Gasteiger partial charge in [-0.05, 0) is 37.0 Å². The van der Waals surface area contributed by atoms with Gasteiger partial charge in [0.1, 0.15) is 11.4 Å². The van der Waals surface area contributed by atoms with Gasteiger partial charge in [0, 0.05) is 19.2 Å². The van der Waals surface area contributed by atoms with E-state index in [-0.39, 0.29) is 5.91 Å². The molecule has 0 spiro atoms. The Bertz CT molecular complexity index is 704. The second-order valence-corrected chi connectivity index (χ2v) is 6.60. The summed E-state index contributed by atoms with van der Waals surface area (Å²) in [5, 5.41) is 18.5. The average molecular weight is 344 g/mol. The summed E-state index contributed by atoms with van der Waals surface area (Å²) in [4.78, 5) is 14.3. The third-order valence-corrected chi connectivity index (χ3v) is 4.60. The van der Waals surface area contributed by atoms with Crippen LogP contribution in [0.4, 0.5) is 0 Å². The number of aryl methyl sites for hydroxylation is 1. The lowest BCUT2D eigenvalue weighted by Gasteiger charge is -2.39. The van der Waals surface area contributed by atoms with Crippen molar-refractivity contribution in [2.45, 2.75) is 37.8 Å². The lowest BCUT2D eigenvalue weighted by atomic mass is 9.92. The fourth-order valence-corrected chi connectivity index (χ4v) is 3.31. The van der Waals surface area contributed by atoms with E-state index in [0.29, 0.717) is 38.9 Å². The molecule has 1 aromatic heterocycles. The first kappa shape index (κ1) is 17.4. The Morgan fingerprint density at radius 1 is 1.44 bits per heavy atom. The number of amides is 1. The van der Waals surface area contributed by atoms with Crippen molar-refractivity contribution in [3.8, 4) is 5.75 Å². The third kappa shape index (κ3) is 4.57. The van der Waals surface area contributed by atoms with Gasteiger partial charge in [0.15, 0.2) is 0 Å². The first-order valence-corrected chi connectivity index (χ1v) is 8.55. The highest BCUT2D eigenvalue weighted by Crippen LogP contribution is 2.24. The molecule has 134 valence electrons. The standard InChI is InChI=1S/C18H24N4O3/c1-25-16-5-2-4-15(12-16)6-7-17(23)21-10-3-8-18(24,13-21)14-22-11-9-19-20-22/h2,4-5,9,11-12,24H,3,6-8,10,13-14H2,1H3. The minimum absolute atomic E-state index is 0.0690. The van der Waals surface area contributed by atoms with Crippen LogP contribution in [-0.2, 0) is 17.8 Å². The van der Waals surface area contributed by atoms with Gasteiger partial charge >= 0.3 is 0 Å². The fraction of sp³-hybridized carbons (Fsp3) is 0.500. The van der Waals surface area contributed by atoms with Gasteiger partial charge in [-0.3, -0.25) is 4.79 Å². The fourth-order valence-electron chi connectivity index (χ4n) is 3.31. The molecular formula is C18H24N4O3. The molecule has 0 radical (unpaired) electrons. The molecule has 1 aromatic carbocycles. The number of β-amino-alcohol motifs (C(OH)–C–C–N with tert-alkyl or cyclic N) is 1. The molecule has 7 heteroatoms. The molecule has 1 saturated heterocycles. The Morgan fingerprint density at radius 3 is 3.08 bits per heavy atom. The molecule has 25 heavy (non-hydrogen) atoms. The van der Waals surface area contributed by atoms with Crippen LogP contribution in [0.5, 0.6) is 5.75 Å². The predicted octanol–water partition coefficient (Wildman–Crippen LogP) is 1.27. The van der Waals surface area contributed by atoms with Crippen LogP contribution in [0.15, 0.2) is 36.7 Å². The summed E-state index contributed by atoms with van der Waals surface area (Å²) >= 11 is 0. The van der Waals surface area contributed by atoms with E-state index in [4.69, 9.17) is 4.74 Å². The monoisotopic (exact) mass is 344 g/mol. The molecule has 0 aliphatic carbocycles. The van der Waals surface area contributed by atoms with E-state index in [2.05, 4.69) is 10.3 Å². The van der Waals surface area contributed by atoms with Gasteiger partial charge in [-0.15, -0.1) is 5.10 Å². The Labute approximate surface area is 147 Å². The number of piperidine rings is 1. The van der Waals surface area contributed by atoms with Gasteiger partial charge < -0.3 is 14.7 Å². The Kier molecular flexibility index (Phi) is 5.33. The molecule has 1 N–H and O–H groups in total. The number of likely N-dealkylation sites (tertiary alicyclic amines) is 1. The number of hydrogen-bond donors (Lipinski definition) is 1. The van der Waals surface area contributed by atoms with Crippen LogP contribution in [0.25, 0.3) is 0 Å². The summed E-state index contributed by atoms with van der Waals surface area (Å²) in [6, 6.07) is 7.76. The maximum Gasteiger partial charge on any atom is 0.223 e. The van der Waals surface area contributed by atoms with Crippen molar-refractivity contribution in [2.75, 3.05) is 20.2 Å². The molecule has 1 aliphatic rings. The highest BCUT2D eigenvalue weighted by Gasteiger charge is 2.35. The molecule has 3 rings (SSSR count). The van der Waals surface area contributed by atoms with Gasteiger partial charge in [0.05, 0.1) is 26.4 Å². The first-order valence-electron chi connectivity index (χ1n) is 8.55. The molecule has 7 nitrogen and oxygen atoms in total. The van der Waals surface area contributed by atoms with E-state index in [1.54, 1.807) is 29.1 Å². The number of carbonyl (C=O) groups is 1. The van der Waals surface area contributed by atoms with Crippen LogP contribution in [0.3, 0.4) is 0 Å². The van der Waals surface area contributed by atoms with Gasteiger partial charge in [-0.2, -0.15) is 0 Å². The summed E-state index contributed by atoms with van der Waals surface area (Å²) in [5.74, 6) is 0.865. The van der Waals surface area contributed by atoms with E-state index < -0.39 is 5.60 Å². The number of aromatic nitrogens is 3. The van der Waals surface area contributed by atoms with Crippen molar-refractivity contribution in [1.82, 2.24) is 19.9 Å². The summed E-state index contributed by atoms with van der Waals surface area (Å²) in [7, 11) is 1.63. The van der Waals surface area contributed by atoms with Crippen molar-refractivity contribution >= 4 is 5.91 Å². The zero-order valence-corrected chi connectivity index (χ0v) is 14.5. The largest absolute Gasteiger partial charge is 0.497 e. The topological polar surface area (TPSA) is 80.5 Å². The number of benzene rings is 1. The number of ether oxygens (including phenoxy) is 1. The molecule has 1 fully saturated rings. The minimum atomic E-state index is -0.947. The molecular weight excluding hydrogens is 320 g/mol. The van der Waals surface area contributed by atoms with Gasteiger partial charge in [0.25, 0.3) is 0 Å². The van der Waals surface area contributed by atoms with Crippen LogP contribution >= 0.6 is 0 Å². The highest BCUT2D eigenvalue weighted by molar-refractivity contribution is 5.76. The van der Waals surface area contributed by atoms with E-state index >= 15 is 0 Å². The van der Waals surface area contributed by atoms with Gasteiger partial charge in [-0.1, -0.05) is 17.3 Å². The van der Waals surface area contributed by atoms with E-state index in [1.165, 1.54) is 0 Å². The maximum absolute atomic E-state index is 12.6. The van der Waals surface area contributed by atoms with E-state index in [0.717, 1.165) is 17.7 Å². The Balaban J connectivity index is 1.56. The van der Waals surface area contributed by atoms with Gasteiger partial charge in [-0.25, -0.2) is 4.68 Å². The van der Waals surface area contributed by atoms with Crippen LogP contribution in [0.2, 0.25) is 0 Å². The number of carbonyl (C=O) groups excluding carboxylic acids is 1. The van der Waals surface area contributed by atoms with Crippen molar-refractivity contribution in [2.24, 2.45) is 0 Å². The summed E-state index contributed by atoms with van der Waals surface area (Å²) < 4.78 is 6.83. The molecule has 1 unspecified atom stereocenters. The Morgan fingerprint density at radius 2 is 2.32 bits per heavy atom. The van der Waals surface area contributed by atoms with Crippen molar-refractivity contribution in [3.63, 3.8) is 0 Å². The molecule has 1 atom stereocenters. The molecule has 1 amide bonds. The summed E-state index contributed by atoms with van der Waals surface area (Å²) in [6.07, 6.45) is 5.84. The number of aliphatic hydroxyl groups is 1. The lowest BCUT2D eigenvalue weighted by molar-refractivity contribution is -0.139. The van der Waals surface area contributed by atoms with Crippen LogP contribution in [0, 0.1) is 0 Å². The quantitative estimate of drug-likeness (QED) is 0.854. The van der Waals surface area contributed by atoms with Gasteiger partial charge in [0.2, 0.25) is 5.91 Å². The SMILES string of the molecule is COc1cccc(CCC(=O)N2CCCC(O)(Cn3ccnn3)C2)c1. The van der Waals surface area contributed by atoms with Crippen LogP contribution in [-0.4, -0.2) is 56.7 Å². The number of nitrogens with zero attached hydrogens (tertiary/aromatic N) is 4. The smallest absolute Gasteiger partial charge is 0.223 e. The second-order valence-electron chi connectivity index (χ2n) is 6.60. The molecule has 0 bridgehead atoms. The molecule has 2 heterocycles. The first-order chi connectivity index (χ1) is 12.1. The normalized spacial score (nSPS) is 20.5. The summed E-state index contributed by atoms with van der Waals surface area (Å²) in [5.41, 5.74) is 0.125. The number of methoxy groups -OCH3 is 1. The highest BCUT2D eigenvalue weighted by atomic mass is 16.5. The average Bonchev–Trinajstić information content (AvgIpc) is 3.12. The third-order valence-electron chi connectivity index (χ3n) is 4.60. The minimum Gasteiger partial charge on any atom is -0.497 e. The zero-order valence-electron chi connectivity index (χ0n) is 14.5. The van der Waals surface area contributed by atoms with Crippen molar-refractivity contribution in [3.05, 3.63) is 42.2 Å². The van der Waals surface area contributed by atoms with Crippen molar-refractivity contribution < 1.29 is 14.6 Å². The maximum atomic E-state index is 12.6. The molecule has 1 aliphatic heterocycles. The Hall–Kier alpha value is -2.41. The summed E-state index contributed by atoms with van der Waals surface area (Å²) in [6.45, 7) is 1.38. The second kappa shape index (κ2) is 7.65. The van der Waals surface area contributed by atoms with E-state index in [9.17, 15) is 9.90 Å². The predicted molar refractivity (Wildman–Crippen MR) is 92.1 cm³/mol. The number of hydrogen-bond acceptors (Lipinski definition) is 5. The van der Waals surface area contributed by atoms with E-state index in [1.807, 2.05) is 24.3 Å². The van der Waals surface area contributed by atoms with Crippen LogP contribution in [0.1, 0.15) is 24.8 Å². The lowest BCUT2D eigenvalue weighted by Crippen LogP contribution is -2.52. The molecule has 2 aromatic rings. The van der Waals surface area contributed by atoms with Crippen molar-refractivity contribution in [1.29, 1.82) is 0 Å². The number of rotatable bonds is 6. The van der Waals surface area contributed by atoms with Crippen LogP contribution < -0.4 is 4.74 Å².